The second kappa shape index (κ2) is 5.27. The summed E-state index contributed by atoms with van der Waals surface area (Å²) in [5.41, 5.74) is 2.29. The van der Waals surface area contributed by atoms with Gasteiger partial charge in [0, 0.05) is 32.2 Å². The summed E-state index contributed by atoms with van der Waals surface area (Å²) in [5, 5.41) is 0. The number of carbonyl (C=O) groups is 2. The molecule has 0 bridgehead atoms. The van der Waals surface area contributed by atoms with Crippen LogP contribution < -0.4 is 4.90 Å². The maximum Gasteiger partial charge on any atom is 0.232 e. The van der Waals surface area contributed by atoms with Crippen LogP contribution in [0.1, 0.15) is 24.8 Å². The van der Waals surface area contributed by atoms with Crippen LogP contribution >= 0.6 is 0 Å². The summed E-state index contributed by atoms with van der Waals surface area (Å²) in [6.07, 6.45) is 3.53. The number of hydrogen-bond donors (Lipinski definition) is 0. The first-order valence-corrected chi connectivity index (χ1v) is 7.30. The van der Waals surface area contributed by atoms with Crippen LogP contribution in [0.25, 0.3) is 0 Å². The molecule has 1 aromatic rings. The highest BCUT2D eigenvalue weighted by Crippen LogP contribution is 2.29. The van der Waals surface area contributed by atoms with Crippen LogP contribution in [0.2, 0.25) is 0 Å². The monoisotopic (exact) mass is 272 g/mol. The molecule has 1 aromatic carbocycles. The molecule has 20 heavy (non-hydrogen) atoms. The number of hydrogen-bond acceptors (Lipinski definition) is 2. The standard InChI is InChI=1S/C16H20N2O2/c1-17-11-13(10-15(17)19)16(20)18-9-5-4-7-12-6-2-3-8-14(12)18/h2-3,6,8,13H,4-5,7,9-11H2,1H3. The third-order valence-corrected chi connectivity index (χ3v) is 4.32. The van der Waals surface area contributed by atoms with E-state index in [4.69, 9.17) is 0 Å². The van der Waals surface area contributed by atoms with Gasteiger partial charge >= 0.3 is 0 Å². The number of fused-ring (bicyclic) bond motifs is 1. The van der Waals surface area contributed by atoms with Crippen LogP contribution in [-0.2, 0) is 16.0 Å². The van der Waals surface area contributed by atoms with E-state index in [0.29, 0.717) is 13.0 Å². The van der Waals surface area contributed by atoms with Crippen molar-refractivity contribution < 1.29 is 9.59 Å². The maximum absolute atomic E-state index is 12.8. The first-order chi connectivity index (χ1) is 9.66. The molecule has 1 unspecified atom stereocenters. The minimum atomic E-state index is -0.182. The highest BCUT2D eigenvalue weighted by Gasteiger charge is 2.35. The number of carbonyl (C=O) groups excluding carboxylic acids is 2. The molecule has 106 valence electrons. The molecule has 2 amide bonds. The zero-order valence-corrected chi connectivity index (χ0v) is 11.8. The van der Waals surface area contributed by atoms with Crippen LogP contribution in [-0.4, -0.2) is 36.9 Å². The summed E-state index contributed by atoms with van der Waals surface area (Å²) in [6.45, 7) is 1.32. The van der Waals surface area contributed by atoms with E-state index in [1.807, 2.05) is 23.1 Å². The Labute approximate surface area is 119 Å². The van der Waals surface area contributed by atoms with Crippen LogP contribution in [0.4, 0.5) is 5.69 Å². The summed E-state index contributed by atoms with van der Waals surface area (Å²) < 4.78 is 0. The van der Waals surface area contributed by atoms with Gasteiger partial charge in [-0.3, -0.25) is 9.59 Å². The van der Waals surface area contributed by atoms with E-state index in [-0.39, 0.29) is 17.7 Å². The molecule has 1 atom stereocenters. The largest absolute Gasteiger partial charge is 0.345 e. The lowest BCUT2D eigenvalue weighted by Crippen LogP contribution is -2.37. The number of anilines is 1. The molecule has 4 nitrogen and oxygen atoms in total. The SMILES string of the molecule is CN1CC(C(=O)N2CCCCc3ccccc32)CC1=O. The maximum atomic E-state index is 12.8. The van der Waals surface area contributed by atoms with Crippen LogP contribution in [0.15, 0.2) is 24.3 Å². The van der Waals surface area contributed by atoms with Gasteiger partial charge in [0.1, 0.15) is 0 Å². The van der Waals surface area contributed by atoms with Crippen molar-refractivity contribution in [2.24, 2.45) is 5.92 Å². The first kappa shape index (κ1) is 13.2. The van der Waals surface area contributed by atoms with Gasteiger partial charge in [-0.1, -0.05) is 18.2 Å². The fourth-order valence-electron chi connectivity index (χ4n) is 3.17. The van der Waals surface area contributed by atoms with Gasteiger partial charge in [0.25, 0.3) is 0 Å². The van der Waals surface area contributed by atoms with Crippen LogP contribution in [0.5, 0.6) is 0 Å². The highest BCUT2D eigenvalue weighted by molar-refractivity contribution is 5.99. The molecule has 0 radical (unpaired) electrons. The highest BCUT2D eigenvalue weighted by atomic mass is 16.2. The van der Waals surface area contributed by atoms with E-state index < -0.39 is 0 Å². The Hall–Kier alpha value is -1.84. The lowest BCUT2D eigenvalue weighted by atomic mass is 10.1. The molecule has 0 spiro atoms. The van der Waals surface area contributed by atoms with E-state index in [1.165, 1.54) is 5.56 Å². The fourth-order valence-corrected chi connectivity index (χ4v) is 3.17. The lowest BCUT2D eigenvalue weighted by Gasteiger charge is -2.25. The molecule has 3 rings (SSSR count). The minimum Gasteiger partial charge on any atom is -0.345 e. The van der Waals surface area contributed by atoms with Gasteiger partial charge in [0.2, 0.25) is 11.8 Å². The van der Waals surface area contributed by atoms with Gasteiger partial charge in [0.15, 0.2) is 0 Å². The molecular formula is C16H20N2O2. The van der Waals surface area contributed by atoms with Crippen molar-refractivity contribution in [3.05, 3.63) is 29.8 Å². The summed E-state index contributed by atoms with van der Waals surface area (Å²) in [5.74, 6) is 0.00200. The Morgan fingerprint density at radius 1 is 1.25 bits per heavy atom. The second-order valence-electron chi connectivity index (χ2n) is 5.75. The molecule has 4 heteroatoms. The summed E-state index contributed by atoms with van der Waals surface area (Å²) >= 11 is 0. The normalized spacial score (nSPS) is 22.6. The van der Waals surface area contributed by atoms with Crippen molar-refractivity contribution in [3.8, 4) is 0 Å². The van der Waals surface area contributed by atoms with E-state index in [1.54, 1.807) is 11.9 Å². The molecule has 2 heterocycles. The molecule has 0 aromatic heterocycles. The van der Waals surface area contributed by atoms with Crippen molar-refractivity contribution in [2.45, 2.75) is 25.7 Å². The van der Waals surface area contributed by atoms with Crippen molar-refractivity contribution in [2.75, 3.05) is 25.0 Å². The van der Waals surface area contributed by atoms with Gasteiger partial charge in [-0.15, -0.1) is 0 Å². The Morgan fingerprint density at radius 2 is 2.05 bits per heavy atom. The van der Waals surface area contributed by atoms with Crippen molar-refractivity contribution in [3.63, 3.8) is 0 Å². The summed E-state index contributed by atoms with van der Waals surface area (Å²) in [6, 6.07) is 8.14. The van der Waals surface area contributed by atoms with Crippen LogP contribution in [0, 0.1) is 5.92 Å². The van der Waals surface area contributed by atoms with E-state index in [2.05, 4.69) is 6.07 Å². The number of para-hydroxylation sites is 1. The smallest absolute Gasteiger partial charge is 0.232 e. The average molecular weight is 272 g/mol. The third kappa shape index (κ3) is 2.30. The van der Waals surface area contributed by atoms with Crippen molar-refractivity contribution in [1.29, 1.82) is 0 Å². The van der Waals surface area contributed by atoms with E-state index in [0.717, 1.165) is 31.5 Å². The van der Waals surface area contributed by atoms with Crippen molar-refractivity contribution >= 4 is 17.5 Å². The number of nitrogens with zero attached hydrogens (tertiary/aromatic N) is 2. The van der Waals surface area contributed by atoms with E-state index >= 15 is 0 Å². The summed E-state index contributed by atoms with van der Waals surface area (Å²) in [4.78, 5) is 28.0. The molecule has 1 fully saturated rings. The summed E-state index contributed by atoms with van der Waals surface area (Å²) in [7, 11) is 1.77. The predicted octanol–water partition coefficient (Wildman–Crippen LogP) is 1.83. The van der Waals surface area contributed by atoms with Gasteiger partial charge < -0.3 is 9.80 Å². The van der Waals surface area contributed by atoms with Gasteiger partial charge in [-0.05, 0) is 30.9 Å². The predicted molar refractivity (Wildman–Crippen MR) is 77.5 cm³/mol. The molecule has 1 saturated heterocycles. The molecule has 0 saturated carbocycles. The van der Waals surface area contributed by atoms with Crippen LogP contribution in [0.3, 0.4) is 0 Å². The van der Waals surface area contributed by atoms with Crippen molar-refractivity contribution in [1.82, 2.24) is 4.90 Å². The number of amides is 2. The second-order valence-corrected chi connectivity index (χ2v) is 5.75. The lowest BCUT2D eigenvalue weighted by molar-refractivity contribution is -0.127. The molecule has 2 aliphatic heterocycles. The Bertz CT molecular complexity index is 541. The third-order valence-electron chi connectivity index (χ3n) is 4.32. The first-order valence-electron chi connectivity index (χ1n) is 7.30. The number of aryl methyl sites for hydroxylation is 1. The molecule has 0 N–H and O–H groups in total. The van der Waals surface area contributed by atoms with E-state index in [9.17, 15) is 9.59 Å². The average Bonchev–Trinajstić information content (AvgIpc) is 2.68. The Morgan fingerprint density at radius 3 is 2.80 bits per heavy atom. The van der Waals surface area contributed by atoms with Gasteiger partial charge in [-0.25, -0.2) is 0 Å². The minimum absolute atomic E-state index is 0.0754. The van der Waals surface area contributed by atoms with Gasteiger partial charge in [-0.2, -0.15) is 0 Å². The molecule has 2 aliphatic rings. The topological polar surface area (TPSA) is 40.6 Å². The number of likely N-dealkylation sites (tertiary alicyclic amines) is 1. The zero-order chi connectivity index (χ0) is 14.1. The fraction of sp³-hybridized carbons (Fsp3) is 0.500. The molecule has 0 aliphatic carbocycles. The Balaban J connectivity index is 1.86. The number of benzene rings is 1. The number of rotatable bonds is 1. The Kier molecular flexibility index (Phi) is 3.47. The molecular weight excluding hydrogens is 252 g/mol. The quantitative estimate of drug-likeness (QED) is 0.782. The zero-order valence-electron chi connectivity index (χ0n) is 11.8. The van der Waals surface area contributed by atoms with Gasteiger partial charge in [0.05, 0.1) is 5.92 Å².